The van der Waals surface area contributed by atoms with E-state index in [0.29, 0.717) is 18.1 Å². The van der Waals surface area contributed by atoms with Gasteiger partial charge in [-0.1, -0.05) is 38.0 Å². The van der Waals surface area contributed by atoms with Crippen LogP contribution in [0.5, 0.6) is 0 Å². The number of benzene rings is 1. The molecule has 2 nitrogen and oxygen atoms in total. The topological polar surface area (TPSA) is 26.3 Å². The van der Waals surface area contributed by atoms with Gasteiger partial charge in [0.1, 0.15) is 0 Å². The first-order valence-corrected chi connectivity index (χ1v) is 5.37. The summed E-state index contributed by atoms with van der Waals surface area (Å²) >= 11 is 0. The van der Waals surface area contributed by atoms with E-state index in [0.717, 1.165) is 12.0 Å². The van der Waals surface area contributed by atoms with E-state index < -0.39 is 0 Å². The summed E-state index contributed by atoms with van der Waals surface area (Å²) in [5.74, 6) is 0.203. The summed E-state index contributed by atoms with van der Waals surface area (Å²) in [4.78, 5) is 11.6. The minimum absolute atomic E-state index is 0.227. The first kappa shape index (κ1) is 11.8. The lowest BCUT2D eigenvalue weighted by Gasteiger charge is -2.09. The van der Waals surface area contributed by atoms with Crippen LogP contribution in [0.3, 0.4) is 0 Å². The molecule has 1 atom stereocenters. The van der Waals surface area contributed by atoms with E-state index in [-0.39, 0.29) is 5.97 Å². The van der Waals surface area contributed by atoms with Gasteiger partial charge in [0.05, 0.1) is 12.2 Å². The second-order valence-electron chi connectivity index (χ2n) is 3.98. The van der Waals surface area contributed by atoms with E-state index in [2.05, 4.69) is 13.8 Å². The Morgan fingerprint density at radius 1 is 1.33 bits per heavy atom. The number of esters is 1. The molecule has 0 aromatic heterocycles. The van der Waals surface area contributed by atoms with Crippen LogP contribution >= 0.6 is 0 Å². The summed E-state index contributed by atoms with van der Waals surface area (Å²) in [5, 5.41) is 0. The third-order valence-electron chi connectivity index (χ3n) is 2.48. The van der Waals surface area contributed by atoms with Crippen molar-refractivity contribution in [1.29, 1.82) is 0 Å². The summed E-state index contributed by atoms with van der Waals surface area (Å²) < 4.78 is 5.18. The van der Waals surface area contributed by atoms with Gasteiger partial charge in [0.15, 0.2) is 0 Å². The lowest BCUT2D eigenvalue weighted by atomic mass is 10.1. The summed E-state index contributed by atoms with van der Waals surface area (Å²) in [7, 11) is 0. The Morgan fingerprint density at radius 3 is 2.47 bits per heavy atom. The SMILES string of the molecule is CCC(C)COC(=O)c1ccc(C)cc1. The highest BCUT2D eigenvalue weighted by molar-refractivity contribution is 5.89. The van der Waals surface area contributed by atoms with E-state index >= 15 is 0 Å². The maximum Gasteiger partial charge on any atom is 0.338 e. The highest BCUT2D eigenvalue weighted by atomic mass is 16.5. The lowest BCUT2D eigenvalue weighted by molar-refractivity contribution is 0.0447. The molecule has 0 radical (unpaired) electrons. The van der Waals surface area contributed by atoms with E-state index in [4.69, 9.17) is 4.74 Å². The monoisotopic (exact) mass is 206 g/mol. The van der Waals surface area contributed by atoms with Crippen LogP contribution in [0.25, 0.3) is 0 Å². The van der Waals surface area contributed by atoms with Crippen LogP contribution in [-0.2, 0) is 4.74 Å². The zero-order valence-electron chi connectivity index (χ0n) is 9.62. The first-order valence-electron chi connectivity index (χ1n) is 5.37. The Balaban J connectivity index is 2.50. The Bertz CT molecular complexity index is 314. The van der Waals surface area contributed by atoms with Crippen molar-refractivity contribution in [3.05, 3.63) is 35.4 Å². The van der Waals surface area contributed by atoms with Gasteiger partial charge in [0.2, 0.25) is 0 Å². The Morgan fingerprint density at radius 2 is 1.93 bits per heavy atom. The van der Waals surface area contributed by atoms with Crippen molar-refractivity contribution in [3.8, 4) is 0 Å². The van der Waals surface area contributed by atoms with Crippen LogP contribution in [0.1, 0.15) is 36.2 Å². The fourth-order valence-corrected chi connectivity index (χ4v) is 1.11. The van der Waals surface area contributed by atoms with Crippen molar-refractivity contribution < 1.29 is 9.53 Å². The molecule has 1 unspecified atom stereocenters. The van der Waals surface area contributed by atoms with Crippen LogP contribution in [-0.4, -0.2) is 12.6 Å². The Kier molecular flexibility index (Phi) is 4.35. The van der Waals surface area contributed by atoms with E-state index in [1.54, 1.807) is 12.1 Å². The van der Waals surface area contributed by atoms with Gasteiger partial charge in [-0.3, -0.25) is 0 Å². The fourth-order valence-electron chi connectivity index (χ4n) is 1.11. The molecule has 0 fully saturated rings. The molecule has 0 aliphatic rings. The molecular formula is C13H18O2. The third-order valence-corrected chi connectivity index (χ3v) is 2.48. The zero-order valence-corrected chi connectivity index (χ0v) is 9.62. The number of hydrogen-bond acceptors (Lipinski definition) is 2. The van der Waals surface area contributed by atoms with Crippen LogP contribution < -0.4 is 0 Å². The summed E-state index contributed by atoms with van der Waals surface area (Å²) in [5.41, 5.74) is 1.78. The van der Waals surface area contributed by atoms with Crippen molar-refractivity contribution in [3.63, 3.8) is 0 Å². The van der Waals surface area contributed by atoms with Gasteiger partial charge >= 0.3 is 5.97 Å². The normalized spacial score (nSPS) is 12.2. The van der Waals surface area contributed by atoms with E-state index in [1.807, 2.05) is 19.1 Å². The maximum absolute atomic E-state index is 11.6. The average Bonchev–Trinajstić information content (AvgIpc) is 2.26. The molecule has 2 heteroatoms. The molecule has 0 saturated carbocycles. The van der Waals surface area contributed by atoms with Gasteiger partial charge in [0, 0.05) is 0 Å². The third kappa shape index (κ3) is 3.74. The van der Waals surface area contributed by atoms with Crippen LogP contribution in [0.4, 0.5) is 0 Å². The molecule has 0 N–H and O–H groups in total. The summed E-state index contributed by atoms with van der Waals surface area (Å²) in [6.45, 7) is 6.66. The molecule has 1 rings (SSSR count). The van der Waals surface area contributed by atoms with E-state index in [1.165, 1.54) is 0 Å². The fraction of sp³-hybridized carbons (Fsp3) is 0.462. The van der Waals surface area contributed by atoms with Crippen molar-refractivity contribution in [1.82, 2.24) is 0 Å². The van der Waals surface area contributed by atoms with Gasteiger partial charge in [-0.2, -0.15) is 0 Å². The molecule has 0 heterocycles. The van der Waals surface area contributed by atoms with Gasteiger partial charge in [0.25, 0.3) is 0 Å². The van der Waals surface area contributed by atoms with Crippen molar-refractivity contribution in [2.24, 2.45) is 5.92 Å². The Labute approximate surface area is 91.3 Å². The highest BCUT2D eigenvalue weighted by Crippen LogP contribution is 2.07. The van der Waals surface area contributed by atoms with Crippen molar-refractivity contribution >= 4 is 5.97 Å². The van der Waals surface area contributed by atoms with Crippen LogP contribution in [0.2, 0.25) is 0 Å². The zero-order chi connectivity index (χ0) is 11.3. The number of carbonyl (C=O) groups excluding carboxylic acids is 1. The van der Waals surface area contributed by atoms with Crippen molar-refractivity contribution in [2.45, 2.75) is 27.2 Å². The maximum atomic E-state index is 11.6. The minimum atomic E-state index is -0.227. The van der Waals surface area contributed by atoms with Crippen molar-refractivity contribution in [2.75, 3.05) is 6.61 Å². The first-order chi connectivity index (χ1) is 7.13. The van der Waals surface area contributed by atoms with Gasteiger partial charge in [-0.15, -0.1) is 0 Å². The molecule has 15 heavy (non-hydrogen) atoms. The van der Waals surface area contributed by atoms with Gasteiger partial charge < -0.3 is 4.74 Å². The second kappa shape index (κ2) is 5.54. The molecule has 0 aliphatic heterocycles. The highest BCUT2D eigenvalue weighted by Gasteiger charge is 2.08. The molecule has 0 spiro atoms. The largest absolute Gasteiger partial charge is 0.462 e. The van der Waals surface area contributed by atoms with Gasteiger partial charge in [-0.25, -0.2) is 4.79 Å². The standard InChI is InChI=1S/C13H18O2/c1-4-10(2)9-15-13(14)12-7-5-11(3)6-8-12/h5-8,10H,4,9H2,1-3H3. The molecular weight excluding hydrogens is 188 g/mol. The number of rotatable bonds is 4. The molecule has 1 aromatic carbocycles. The summed E-state index contributed by atoms with van der Waals surface area (Å²) in [6, 6.07) is 7.43. The van der Waals surface area contributed by atoms with Crippen LogP contribution in [0, 0.1) is 12.8 Å². The number of carbonyl (C=O) groups is 1. The molecule has 0 aliphatic carbocycles. The molecule has 0 amide bonds. The van der Waals surface area contributed by atoms with Crippen LogP contribution in [0.15, 0.2) is 24.3 Å². The predicted octanol–water partition coefficient (Wildman–Crippen LogP) is 3.20. The minimum Gasteiger partial charge on any atom is -0.462 e. The number of hydrogen-bond donors (Lipinski definition) is 0. The molecule has 82 valence electrons. The average molecular weight is 206 g/mol. The number of aryl methyl sites for hydroxylation is 1. The summed E-state index contributed by atoms with van der Waals surface area (Å²) in [6.07, 6.45) is 1.03. The number of ether oxygens (including phenoxy) is 1. The molecule has 1 aromatic rings. The quantitative estimate of drug-likeness (QED) is 0.707. The smallest absolute Gasteiger partial charge is 0.338 e. The Hall–Kier alpha value is -1.31. The molecule has 0 saturated heterocycles. The van der Waals surface area contributed by atoms with E-state index in [9.17, 15) is 4.79 Å². The lowest BCUT2D eigenvalue weighted by Crippen LogP contribution is -2.11. The van der Waals surface area contributed by atoms with Gasteiger partial charge in [-0.05, 0) is 25.0 Å². The predicted molar refractivity (Wildman–Crippen MR) is 60.9 cm³/mol. The second-order valence-corrected chi connectivity index (χ2v) is 3.98. The molecule has 0 bridgehead atoms.